The van der Waals surface area contributed by atoms with Gasteiger partial charge in [0.25, 0.3) is 0 Å². The van der Waals surface area contributed by atoms with E-state index in [2.05, 4.69) is 38.9 Å². The predicted molar refractivity (Wildman–Crippen MR) is 214 cm³/mol. The second-order valence-electron chi connectivity index (χ2n) is 14.9. The van der Waals surface area contributed by atoms with E-state index in [1.54, 1.807) is 12.1 Å². The van der Waals surface area contributed by atoms with Crippen molar-refractivity contribution < 1.29 is 97.1 Å². The van der Waals surface area contributed by atoms with Crippen molar-refractivity contribution in [1.82, 2.24) is 0 Å². The van der Waals surface area contributed by atoms with Crippen LogP contribution in [0.15, 0.2) is 96.1 Å². The Morgan fingerprint density at radius 1 is 0.403 bits per heavy atom. The molecule has 1 heterocycles. The van der Waals surface area contributed by atoms with Crippen molar-refractivity contribution >= 4 is 44.6 Å². The van der Waals surface area contributed by atoms with Gasteiger partial charge in [-0.2, -0.15) is 4.57 Å². The van der Waals surface area contributed by atoms with Crippen LogP contribution in [0.1, 0.15) is 5.56 Å². The summed E-state index contributed by atoms with van der Waals surface area (Å²) in [5, 5.41) is 4.79. The molecule has 0 saturated carbocycles. The predicted octanol–water partition coefficient (Wildman–Crippen LogP) is 11.8. The molecule has 0 atom stereocenters. The van der Waals surface area contributed by atoms with Gasteiger partial charge < -0.3 is 4.74 Å². The van der Waals surface area contributed by atoms with E-state index in [-0.39, 0.29) is 0 Å². The highest BCUT2D eigenvalue weighted by molar-refractivity contribution is 7.20. The Balaban J connectivity index is 0.000000238. The van der Waals surface area contributed by atoms with Crippen molar-refractivity contribution in [3.63, 3.8) is 0 Å². The van der Waals surface area contributed by atoms with Crippen LogP contribution < -0.4 is 31.2 Å². The number of halogens is 20. The third kappa shape index (κ3) is 8.39. The van der Waals surface area contributed by atoms with Crippen LogP contribution in [0.4, 0.5) is 93.5 Å². The average Bonchev–Trinajstić information content (AvgIpc) is 3.37. The maximum Gasteiger partial charge on any atom is 0.374 e. The molecular weight excluding hydrogens is 1020 g/mol. The van der Waals surface area contributed by atoms with E-state index >= 15 is 35.1 Å². The second kappa shape index (κ2) is 19.8. The molecule has 0 bridgehead atoms. The van der Waals surface area contributed by atoms with Gasteiger partial charge >= 0.3 is 5.88 Å². The molecule has 0 radical (unpaired) electrons. The normalized spacial score (nSPS) is 11.4. The molecule has 72 heavy (non-hydrogen) atoms. The lowest BCUT2D eigenvalue weighted by Gasteiger charge is -2.44. The fraction of sp³-hybridized carbons (Fsp3) is 0.0217. The lowest BCUT2D eigenvalue weighted by Crippen LogP contribution is -2.81. The Bertz CT molecular complexity index is 3180. The summed E-state index contributed by atoms with van der Waals surface area (Å²) in [6, 6.07) is 29.6. The number of ether oxygens (including phenoxy) is 1. The highest BCUT2D eigenvalue weighted by Gasteiger charge is 2.52. The molecule has 0 N–H and O–H groups in total. The van der Waals surface area contributed by atoms with E-state index < -0.39 is 144 Å². The van der Waals surface area contributed by atoms with Gasteiger partial charge in [-0.05, 0) is 29.8 Å². The number of rotatable bonds is 9. The van der Waals surface area contributed by atoms with E-state index in [0.717, 1.165) is 16.8 Å². The number of fused-ring (bicyclic) bond motifs is 1. The number of aromatic nitrogens is 1. The molecule has 8 aromatic rings. The zero-order valence-corrected chi connectivity index (χ0v) is 34.7. The summed E-state index contributed by atoms with van der Waals surface area (Å²) >= 11 is 0. The number of para-hydroxylation sites is 1. The van der Waals surface area contributed by atoms with Crippen LogP contribution in [-0.2, 0) is 6.54 Å². The molecule has 7 aromatic carbocycles. The molecule has 370 valence electrons. The van der Waals surface area contributed by atoms with Gasteiger partial charge in [0.15, 0.2) is 76.4 Å². The first-order valence-electron chi connectivity index (χ1n) is 19.6. The third-order valence-electron chi connectivity index (χ3n) is 11.0. The Kier molecular flexibility index (Phi) is 14.2. The Hall–Kier alpha value is -8.28. The van der Waals surface area contributed by atoms with Crippen molar-refractivity contribution in [2.45, 2.75) is 6.54 Å². The van der Waals surface area contributed by atoms with Gasteiger partial charge in [-0.25, -0.2) is 87.8 Å². The number of pyridine rings is 1. The van der Waals surface area contributed by atoms with Crippen LogP contribution >= 0.6 is 0 Å². The van der Waals surface area contributed by atoms with Gasteiger partial charge in [0.1, 0.15) is 58.4 Å². The van der Waals surface area contributed by atoms with Crippen LogP contribution in [0.2, 0.25) is 0 Å². The van der Waals surface area contributed by atoms with Gasteiger partial charge in [-0.3, -0.25) is 0 Å². The summed E-state index contributed by atoms with van der Waals surface area (Å²) in [6.07, 6.45) is -7.22. The van der Waals surface area contributed by atoms with E-state index in [0.29, 0.717) is 18.0 Å². The zero-order valence-electron chi connectivity index (χ0n) is 34.7. The van der Waals surface area contributed by atoms with Crippen molar-refractivity contribution in [3.05, 3.63) is 223 Å². The maximum atomic E-state index is 15.4. The fourth-order valence-electron chi connectivity index (χ4n) is 7.92. The van der Waals surface area contributed by atoms with Gasteiger partial charge in [0.2, 0.25) is 5.52 Å². The van der Waals surface area contributed by atoms with Crippen molar-refractivity contribution in [1.29, 1.82) is 0 Å². The summed E-state index contributed by atoms with van der Waals surface area (Å²) in [4.78, 5) is 2.83. The van der Waals surface area contributed by atoms with Gasteiger partial charge in [-0.1, -0.05) is 59.7 Å². The van der Waals surface area contributed by atoms with E-state index in [9.17, 15) is 52.7 Å². The summed E-state index contributed by atoms with van der Waals surface area (Å²) in [7, 11) is 0. The number of hydrogen-bond donors (Lipinski definition) is 0. The van der Waals surface area contributed by atoms with Crippen LogP contribution in [-0.4, -0.2) is 6.15 Å². The number of azide groups is 1. The Morgan fingerprint density at radius 2 is 0.764 bits per heavy atom. The van der Waals surface area contributed by atoms with Crippen molar-refractivity contribution in [2.24, 2.45) is 5.11 Å². The van der Waals surface area contributed by atoms with Gasteiger partial charge in [0, 0.05) is 27.6 Å². The van der Waals surface area contributed by atoms with E-state index in [1.807, 2.05) is 54.6 Å². The molecule has 0 spiro atoms. The molecule has 0 aliphatic rings. The van der Waals surface area contributed by atoms with Crippen LogP contribution in [0.25, 0.3) is 21.3 Å². The molecule has 0 amide bonds. The largest absolute Gasteiger partial charge is 0.405 e. The molecule has 0 aliphatic carbocycles. The van der Waals surface area contributed by atoms with Crippen molar-refractivity contribution in [3.8, 4) is 11.6 Å². The molecule has 8 rings (SSSR count). The van der Waals surface area contributed by atoms with Crippen LogP contribution in [0.3, 0.4) is 0 Å². The monoisotopic (exact) mass is 1030 g/mol. The molecule has 26 heteroatoms. The second-order valence-corrected chi connectivity index (χ2v) is 14.9. The summed E-state index contributed by atoms with van der Waals surface area (Å²) in [5.41, 5.74) is -2.90. The van der Waals surface area contributed by atoms with Crippen LogP contribution in [0.5, 0.6) is 11.6 Å². The molecule has 0 saturated heterocycles. The van der Waals surface area contributed by atoms with Gasteiger partial charge in [-0.15, -0.1) is 21.9 Å². The molecule has 5 nitrogen and oxygen atoms in total. The van der Waals surface area contributed by atoms with Crippen molar-refractivity contribution in [2.75, 3.05) is 0 Å². The first kappa shape index (κ1) is 51.6. The smallest absolute Gasteiger partial charge is 0.374 e. The quantitative estimate of drug-likeness (QED) is 0.0208. The lowest BCUT2D eigenvalue weighted by atomic mass is 9.12. The molecule has 0 unspecified atom stereocenters. The highest BCUT2D eigenvalue weighted by atomic mass is 19.2. The highest BCUT2D eigenvalue weighted by Crippen LogP contribution is 2.31. The Labute approximate surface area is 387 Å². The maximum absolute atomic E-state index is 15.4. The molecule has 0 aliphatic heterocycles. The van der Waals surface area contributed by atoms with Gasteiger partial charge in [0.05, 0.1) is 6.07 Å². The SMILES string of the molecule is Fc1c(F)c(F)c([B-](c2c(F)c(F)c(F)c(F)c2F)(c2c(F)c(F)c(F)c(F)c2F)c2c(F)c(F)c(F)c(F)c2F)c(F)c1F.[N-]=[N+]=Nc1cccc(Oc2ccc3ccccc3[n+]2Cc2ccccc2)c1. The topological polar surface area (TPSA) is 61.9 Å². The number of benzene rings is 7. The summed E-state index contributed by atoms with van der Waals surface area (Å²) < 4.78 is 302. The zero-order chi connectivity index (χ0) is 52.8. The lowest BCUT2D eigenvalue weighted by molar-refractivity contribution is -0.666. The minimum absolute atomic E-state index is 0.519. The standard InChI is InChI=1S/C24BF20.C22H17N4O/c26-5-1(6(27)14(35)21(42)13(5)34)25(2-7(28)15(36)22(43)16(37)8(2)29,3-9(30)17(38)23(44)18(39)10(3)31)4-11(32)19(40)24(45)20(41)12(4)33;23-25-24-19-10-6-11-20(15-19)27-22-14-13-18-9-4-5-12-21(18)26(22)16-17-7-2-1-3-8-17/h;1-15H,16H2/q-1;+1. The summed E-state index contributed by atoms with van der Waals surface area (Å²) in [5.74, 6) is -70.1. The minimum Gasteiger partial charge on any atom is -0.405 e. The number of nitrogens with zero attached hydrogens (tertiary/aromatic N) is 4. The third-order valence-corrected chi connectivity index (χ3v) is 11.0. The fourth-order valence-corrected chi connectivity index (χ4v) is 7.92. The van der Waals surface area contributed by atoms with E-state index in [4.69, 9.17) is 10.3 Å². The molecular formula is C46H17BF20N4O. The Morgan fingerprint density at radius 3 is 1.15 bits per heavy atom. The van der Waals surface area contributed by atoms with E-state index in [1.165, 1.54) is 5.56 Å². The average molecular weight is 1030 g/mol. The van der Waals surface area contributed by atoms with Crippen LogP contribution in [0, 0.1) is 116 Å². The molecule has 0 fully saturated rings. The minimum atomic E-state index is -7.22. The first-order chi connectivity index (χ1) is 34.0. The number of hydrogen-bond acceptors (Lipinski definition) is 2. The molecule has 1 aromatic heterocycles. The summed E-state index contributed by atoms with van der Waals surface area (Å²) in [6.45, 7) is 0.688. The first-order valence-corrected chi connectivity index (χ1v) is 19.6.